The molecule has 0 aliphatic heterocycles. The maximum absolute atomic E-state index is 13.7. The smallest absolute Gasteiger partial charge is 0.234 e. The first-order chi connectivity index (χ1) is 15.4. The molecule has 4 aromatic rings. The Kier molecular flexibility index (Phi) is 5.96. The number of sulfone groups is 1. The second-order valence-electron chi connectivity index (χ2n) is 7.18. The van der Waals surface area contributed by atoms with Gasteiger partial charge in [-0.2, -0.15) is 4.98 Å². The van der Waals surface area contributed by atoms with Crippen LogP contribution in [0.2, 0.25) is 0 Å². The number of benzene rings is 3. The van der Waals surface area contributed by atoms with E-state index in [2.05, 4.69) is 10.3 Å². The van der Waals surface area contributed by atoms with E-state index in [9.17, 15) is 12.8 Å². The van der Waals surface area contributed by atoms with Crippen LogP contribution in [0.25, 0.3) is 11.5 Å². The Labute approximate surface area is 185 Å². The molecule has 0 unspecified atom stereocenters. The summed E-state index contributed by atoms with van der Waals surface area (Å²) in [5, 5.41) is 2.72. The SMILES string of the molecule is COc1ccc(CNc2oc(-c3ccc(C)cc3)nc2S(=O)(=O)c2cccc(F)c2)cc1. The molecule has 1 aromatic heterocycles. The van der Waals surface area contributed by atoms with Gasteiger partial charge in [0.15, 0.2) is 0 Å². The van der Waals surface area contributed by atoms with E-state index in [1.807, 2.05) is 31.2 Å². The molecule has 0 saturated carbocycles. The first-order valence-corrected chi connectivity index (χ1v) is 11.3. The van der Waals surface area contributed by atoms with E-state index in [-0.39, 0.29) is 28.2 Å². The molecule has 3 aromatic carbocycles. The highest BCUT2D eigenvalue weighted by atomic mass is 32.2. The molecule has 8 heteroatoms. The lowest BCUT2D eigenvalue weighted by Gasteiger charge is -2.07. The van der Waals surface area contributed by atoms with E-state index < -0.39 is 15.7 Å². The molecule has 0 aliphatic carbocycles. The molecule has 0 saturated heterocycles. The van der Waals surface area contributed by atoms with Crippen molar-refractivity contribution in [2.24, 2.45) is 0 Å². The third-order valence-corrected chi connectivity index (χ3v) is 6.53. The van der Waals surface area contributed by atoms with E-state index in [4.69, 9.17) is 9.15 Å². The Hall–Kier alpha value is -3.65. The van der Waals surface area contributed by atoms with Gasteiger partial charge in [-0.3, -0.25) is 0 Å². The average molecular weight is 453 g/mol. The van der Waals surface area contributed by atoms with Gasteiger partial charge in [0.1, 0.15) is 11.6 Å². The molecule has 0 amide bonds. The summed E-state index contributed by atoms with van der Waals surface area (Å²) in [6, 6.07) is 19.5. The third-order valence-electron chi connectivity index (χ3n) is 4.87. The molecule has 1 N–H and O–H groups in total. The van der Waals surface area contributed by atoms with E-state index >= 15 is 0 Å². The Morgan fingerprint density at radius 2 is 1.75 bits per heavy atom. The fourth-order valence-corrected chi connectivity index (χ4v) is 4.40. The number of anilines is 1. The zero-order valence-electron chi connectivity index (χ0n) is 17.5. The molecule has 0 aliphatic rings. The zero-order chi connectivity index (χ0) is 22.7. The molecule has 32 heavy (non-hydrogen) atoms. The van der Waals surface area contributed by atoms with Crippen LogP contribution in [0.1, 0.15) is 11.1 Å². The van der Waals surface area contributed by atoms with Crippen molar-refractivity contribution in [3.8, 4) is 17.2 Å². The van der Waals surface area contributed by atoms with Gasteiger partial charge in [-0.25, -0.2) is 12.8 Å². The number of nitrogens with zero attached hydrogens (tertiary/aromatic N) is 1. The lowest BCUT2D eigenvalue weighted by Crippen LogP contribution is -2.08. The van der Waals surface area contributed by atoms with Crippen molar-refractivity contribution in [1.29, 1.82) is 0 Å². The largest absolute Gasteiger partial charge is 0.497 e. The van der Waals surface area contributed by atoms with Crippen LogP contribution in [0.15, 0.2) is 87.1 Å². The van der Waals surface area contributed by atoms with Gasteiger partial charge in [-0.15, -0.1) is 0 Å². The van der Waals surface area contributed by atoms with Crippen LogP contribution in [-0.4, -0.2) is 20.5 Å². The second-order valence-corrected chi connectivity index (χ2v) is 9.05. The van der Waals surface area contributed by atoms with Gasteiger partial charge in [0, 0.05) is 12.1 Å². The molecule has 1 heterocycles. The summed E-state index contributed by atoms with van der Waals surface area (Å²) in [4.78, 5) is 4.07. The predicted octanol–water partition coefficient (Wildman–Crippen LogP) is 5.24. The van der Waals surface area contributed by atoms with Gasteiger partial charge in [0.2, 0.25) is 26.6 Å². The van der Waals surface area contributed by atoms with Crippen LogP contribution in [0.5, 0.6) is 5.75 Å². The molecule has 6 nitrogen and oxygen atoms in total. The van der Waals surface area contributed by atoms with Crippen LogP contribution >= 0.6 is 0 Å². The van der Waals surface area contributed by atoms with Crippen molar-refractivity contribution in [1.82, 2.24) is 4.98 Å². The Morgan fingerprint density at radius 1 is 1.03 bits per heavy atom. The highest BCUT2D eigenvalue weighted by Gasteiger charge is 2.29. The minimum Gasteiger partial charge on any atom is -0.497 e. The number of halogens is 1. The summed E-state index contributed by atoms with van der Waals surface area (Å²) in [7, 11) is -2.55. The van der Waals surface area contributed by atoms with E-state index in [1.165, 1.54) is 18.2 Å². The van der Waals surface area contributed by atoms with Crippen LogP contribution < -0.4 is 10.1 Å². The van der Waals surface area contributed by atoms with Gasteiger partial charge in [0.25, 0.3) is 0 Å². The quantitative estimate of drug-likeness (QED) is 0.413. The summed E-state index contributed by atoms with van der Waals surface area (Å²) < 4.78 is 51.2. The van der Waals surface area contributed by atoms with Gasteiger partial charge < -0.3 is 14.5 Å². The first-order valence-electron chi connectivity index (χ1n) is 9.82. The van der Waals surface area contributed by atoms with Crippen molar-refractivity contribution >= 4 is 15.7 Å². The van der Waals surface area contributed by atoms with Crippen molar-refractivity contribution in [3.63, 3.8) is 0 Å². The minimum absolute atomic E-state index is 0.0133. The summed E-state index contributed by atoms with van der Waals surface area (Å²) >= 11 is 0. The van der Waals surface area contributed by atoms with E-state index in [0.29, 0.717) is 11.3 Å². The van der Waals surface area contributed by atoms with E-state index in [0.717, 1.165) is 17.2 Å². The fraction of sp³-hybridized carbons (Fsp3) is 0.125. The third kappa shape index (κ3) is 4.50. The normalized spacial score (nSPS) is 11.3. The molecule has 0 fully saturated rings. The summed E-state index contributed by atoms with van der Waals surface area (Å²) in [5.41, 5.74) is 2.56. The highest BCUT2D eigenvalue weighted by molar-refractivity contribution is 7.91. The van der Waals surface area contributed by atoms with Gasteiger partial charge >= 0.3 is 0 Å². The number of aromatic nitrogens is 1. The standard InChI is InChI=1S/C24H21FN2O4S/c1-16-6-10-18(11-7-16)22-27-24(32(28,29)21-5-3-4-19(25)14-21)23(31-22)26-15-17-8-12-20(30-2)13-9-17/h3-14,26H,15H2,1-2H3. The monoisotopic (exact) mass is 452 g/mol. The lowest BCUT2D eigenvalue weighted by atomic mass is 10.1. The van der Waals surface area contributed by atoms with Crippen molar-refractivity contribution in [2.45, 2.75) is 23.4 Å². The number of oxazole rings is 1. The number of nitrogens with one attached hydrogen (secondary N) is 1. The lowest BCUT2D eigenvalue weighted by molar-refractivity contribution is 0.414. The first kappa shape index (κ1) is 21.6. The maximum atomic E-state index is 13.7. The topological polar surface area (TPSA) is 81.4 Å². The Balaban J connectivity index is 1.73. The molecular weight excluding hydrogens is 431 g/mol. The summed E-state index contributed by atoms with van der Waals surface area (Å²) in [6.07, 6.45) is 0. The van der Waals surface area contributed by atoms with E-state index in [1.54, 1.807) is 31.4 Å². The summed E-state index contributed by atoms with van der Waals surface area (Å²) in [5.74, 6) is 0.198. The Morgan fingerprint density at radius 3 is 2.41 bits per heavy atom. The molecular formula is C24H21FN2O4S. The number of methoxy groups -OCH3 is 1. The molecule has 0 bridgehead atoms. The average Bonchev–Trinajstić information content (AvgIpc) is 3.24. The second kappa shape index (κ2) is 8.84. The zero-order valence-corrected chi connectivity index (χ0v) is 18.3. The number of hydrogen-bond donors (Lipinski definition) is 1. The summed E-state index contributed by atoms with van der Waals surface area (Å²) in [6.45, 7) is 2.24. The van der Waals surface area contributed by atoms with Crippen LogP contribution in [0.4, 0.5) is 10.3 Å². The minimum atomic E-state index is -4.13. The van der Waals surface area contributed by atoms with Gasteiger partial charge in [-0.05, 0) is 55.0 Å². The highest BCUT2D eigenvalue weighted by Crippen LogP contribution is 2.33. The van der Waals surface area contributed by atoms with Crippen molar-refractivity contribution in [2.75, 3.05) is 12.4 Å². The van der Waals surface area contributed by atoms with Gasteiger partial charge in [-0.1, -0.05) is 35.9 Å². The maximum Gasteiger partial charge on any atom is 0.234 e. The van der Waals surface area contributed by atoms with Crippen molar-refractivity contribution < 1.29 is 22.0 Å². The number of aryl methyl sites for hydroxylation is 1. The fourth-order valence-electron chi connectivity index (χ4n) is 3.09. The number of ether oxygens (including phenoxy) is 1. The molecule has 0 radical (unpaired) electrons. The molecule has 0 spiro atoms. The molecule has 4 rings (SSSR count). The Bertz CT molecular complexity index is 1330. The van der Waals surface area contributed by atoms with Gasteiger partial charge in [0.05, 0.1) is 12.0 Å². The number of rotatable bonds is 7. The molecule has 0 atom stereocenters. The number of hydrogen-bond acceptors (Lipinski definition) is 6. The van der Waals surface area contributed by atoms with Crippen LogP contribution in [0, 0.1) is 12.7 Å². The van der Waals surface area contributed by atoms with Crippen LogP contribution in [0.3, 0.4) is 0 Å². The predicted molar refractivity (Wildman–Crippen MR) is 119 cm³/mol. The molecule has 164 valence electrons. The van der Waals surface area contributed by atoms with Crippen molar-refractivity contribution in [3.05, 3.63) is 89.7 Å². The van der Waals surface area contributed by atoms with Crippen LogP contribution in [-0.2, 0) is 16.4 Å².